The van der Waals surface area contributed by atoms with Crippen LogP contribution in [0.5, 0.6) is 0 Å². The van der Waals surface area contributed by atoms with E-state index >= 15 is 0 Å². The summed E-state index contributed by atoms with van der Waals surface area (Å²) in [5, 5.41) is 17.8. The number of aliphatic hydroxyl groups is 1. The highest BCUT2D eigenvalue weighted by molar-refractivity contribution is 5.84. The summed E-state index contributed by atoms with van der Waals surface area (Å²) in [6.45, 7) is 8.15. The van der Waals surface area contributed by atoms with E-state index in [1.54, 1.807) is 6.08 Å². The van der Waals surface area contributed by atoms with Gasteiger partial charge in [0.05, 0.1) is 26.4 Å². The lowest BCUT2D eigenvalue weighted by atomic mass is 9.79. The van der Waals surface area contributed by atoms with Gasteiger partial charge in [-0.2, -0.15) is 0 Å². The van der Waals surface area contributed by atoms with Crippen molar-refractivity contribution in [2.75, 3.05) is 39.6 Å². The van der Waals surface area contributed by atoms with E-state index in [0.717, 1.165) is 0 Å². The molecule has 0 saturated carbocycles. The Balaban J connectivity index is 2.60. The van der Waals surface area contributed by atoms with Gasteiger partial charge in [-0.15, -0.1) is 0 Å². The van der Waals surface area contributed by atoms with Gasteiger partial charge >= 0.3 is 5.97 Å². The maximum absolute atomic E-state index is 11.3. The van der Waals surface area contributed by atoms with Gasteiger partial charge in [0.15, 0.2) is 0 Å². The smallest absolute Gasteiger partial charge is 0.370 e. The van der Waals surface area contributed by atoms with Gasteiger partial charge in [-0.3, -0.25) is 0 Å². The molecule has 140 valence electrons. The zero-order chi connectivity index (χ0) is 17.9. The standard InChI is InChI=1S/C17H30O7/c1-4-23-17-13(5-7-21-9-10-22-8-6-18)14(12(2)3)11-15(24-17)16(19)20/h11-14,17-18H,4-10H2,1-3H3,(H,19,20)/t13-,14+,17+/m1/s1. The van der Waals surface area contributed by atoms with Gasteiger partial charge in [-0.1, -0.05) is 13.8 Å². The molecule has 0 radical (unpaired) electrons. The third-order valence-electron chi connectivity index (χ3n) is 3.95. The average Bonchev–Trinajstić information content (AvgIpc) is 2.54. The first kappa shape index (κ1) is 20.9. The summed E-state index contributed by atoms with van der Waals surface area (Å²) in [6.07, 6.45) is 1.82. The fourth-order valence-electron chi connectivity index (χ4n) is 2.80. The zero-order valence-electron chi connectivity index (χ0n) is 14.8. The summed E-state index contributed by atoms with van der Waals surface area (Å²) in [5.74, 6) is -0.756. The lowest BCUT2D eigenvalue weighted by molar-refractivity contribution is -0.182. The number of allylic oxidation sites excluding steroid dienone is 1. The van der Waals surface area contributed by atoms with Gasteiger partial charge in [-0.05, 0) is 31.3 Å². The number of carbonyl (C=O) groups is 1. The second-order valence-electron chi connectivity index (χ2n) is 6.00. The van der Waals surface area contributed by atoms with Crippen LogP contribution in [-0.2, 0) is 23.7 Å². The quantitative estimate of drug-likeness (QED) is 0.519. The van der Waals surface area contributed by atoms with Gasteiger partial charge in [0.1, 0.15) is 0 Å². The van der Waals surface area contributed by atoms with Crippen molar-refractivity contribution in [1.82, 2.24) is 0 Å². The number of carboxylic acid groups (broad SMARTS) is 1. The lowest BCUT2D eigenvalue weighted by Gasteiger charge is -2.38. The molecular formula is C17H30O7. The Kier molecular flexibility index (Phi) is 9.94. The van der Waals surface area contributed by atoms with E-state index in [9.17, 15) is 9.90 Å². The minimum absolute atomic E-state index is 0.00373. The van der Waals surface area contributed by atoms with E-state index in [1.807, 2.05) is 6.92 Å². The molecule has 1 rings (SSSR count). The largest absolute Gasteiger partial charge is 0.475 e. The van der Waals surface area contributed by atoms with Crippen molar-refractivity contribution in [3.05, 3.63) is 11.8 Å². The van der Waals surface area contributed by atoms with E-state index in [1.165, 1.54) is 0 Å². The number of aliphatic carboxylic acids is 1. The third kappa shape index (κ3) is 6.76. The van der Waals surface area contributed by atoms with Crippen molar-refractivity contribution in [3.63, 3.8) is 0 Å². The Labute approximate surface area is 143 Å². The highest BCUT2D eigenvalue weighted by atomic mass is 16.7. The molecule has 0 saturated heterocycles. The first-order chi connectivity index (χ1) is 11.5. The molecule has 1 aliphatic heterocycles. The van der Waals surface area contributed by atoms with Crippen molar-refractivity contribution in [2.24, 2.45) is 17.8 Å². The Hall–Kier alpha value is -1.15. The SMILES string of the molecule is CCO[C@H]1OC(C(=O)O)=C[C@@H](C(C)C)[C@H]1CCOCCOCCO. The monoisotopic (exact) mass is 346 g/mol. The highest BCUT2D eigenvalue weighted by Gasteiger charge is 2.38. The van der Waals surface area contributed by atoms with E-state index in [0.29, 0.717) is 39.5 Å². The van der Waals surface area contributed by atoms with Crippen LogP contribution in [0.4, 0.5) is 0 Å². The first-order valence-corrected chi connectivity index (χ1v) is 8.50. The molecule has 0 aromatic carbocycles. The number of ether oxygens (including phenoxy) is 4. The lowest BCUT2D eigenvalue weighted by Crippen LogP contribution is -2.39. The normalized spacial score (nSPS) is 23.9. The molecule has 1 aliphatic rings. The molecule has 0 spiro atoms. The summed E-state index contributed by atoms with van der Waals surface area (Å²) in [6, 6.07) is 0. The van der Waals surface area contributed by atoms with Crippen LogP contribution in [0.25, 0.3) is 0 Å². The maximum Gasteiger partial charge on any atom is 0.370 e. The molecule has 0 unspecified atom stereocenters. The summed E-state index contributed by atoms with van der Waals surface area (Å²) in [5.41, 5.74) is 0. The van der Waals surface area contributed by atoms with Crippen LogP contribution in [0.2, 0.25) is 0 Å². The Bertz CT molecular complexity index is 394. The van der Waals surface area contributed by atoms with Crippen LogP contribution in [0.15, 0.2) is 11.8 Å². The van der Waals surface area contributed by atoms with Crippen LogP contribution in [0.3, 0.4) is 0 Å². The van der Waals surface area contributed by atoms with Gasteiger partial charge in [0.25, 0.3) is 0 Å². The summed E-state index contributed by atoms with van der Waals surface area (Å²) in [7, 11) is 0. The van der Waals surface area contributed by atoms with Crippen molar-refractivity contribution in [1.29, 1.82) is 0 Å². The van der Waals surface area contributed by atoms with Crippen LogP contribution in [-0.4, -0.2) is 62.1 Å². The van der Waals surface area contributed by atoms with Gasteiger partial charge in [0, 0.05) is 19.1 Å². The number of carboxylic acids is 1. The zero-order valence-corrected chi connectivity index (χ0v) is 14.8. The van der Waals surface area contributed by atoms with Gasteiger partial charge < -0.3 is 29.2 Å². The number of rotatable bonds is 12. The molecule has 3 atom stereocenters. The number of hydrogen-bond acceptors (Lipinski definition) is 6. The number of hydrogen-bond donors (Lipinski definition) is 2. The average molecular weight is 346 g/mol. The van der Waals surface area contributed by atoms with Crippen LogP contribution < -0.4 is 0 Å². The van der Waals surface area contributed by atoms with Crippen LogP contribution in [0, 0.1) is 17.8 Å². The van der Waals surface area contributed by atoms with Crippen LogP contribution >= 0.6 is 0 Å². The maximum atomic E-state index is 11.3. The van der Waals surface area contributed by atoms with Crippen molar-refractivity contribution < 1.29 is 34.0 Å². The van der Waals surface area contributed by atoms with Gasteiger partial charge in [0.2, 0.25) is 12.0 Å². The predicted octanol–water partition coefficient (Wildman–Crippen LogP) is 1.65. The molecule has 0 fully saturated rings. The van der Waals surface area contributed by atoms with Crippen molar-refractivity contribution >= 4 is 5.97 Å². The van der Waals surface area contributed by atoms with E-state index in [2.05, 4.69) is 13.8 Å². The molecule has 7 heteroatoms. The Morgan fingerprint density at radius 3 is 2.46 bits per heavy atom. The summed E-state index contributed by atoms with van der Waals surface area (Å²) >= 11 is 0. The van der Waals surface area contributed by atoms with E-state index in [-0.39, 0.29) is 30.1 Å². The molecule has 0 aromatic rings. The molecule has 0 bridgehead atoms. The van der Waals surface area contributed by atoms with E-state index in [4.69, 9.17) is 24.1 Å². The third-order valence-corrected chi connectivity index (χ3v) is 3.95. The highest BCUT2D eigenvalue weighted by Crippen LogP contribution is 2.36. The molecule has 1 heterocycles. The fraction of sp³-hybridized carbons (Fsp3) is 0.824. The Morgan fingerprint density at radius 1 is 1.25 bits per heavy atom. The minimum atomic E-state index is -1.07. The molecule has 2 N–H and O–H groups in total. The van der Waals surface area contributed by atoms with Crippen LogP contribution in [0.1, 0.15) is 27.2 Å². The minimum Gasteiger partial charge on any atom is -0.475 e. The first-order valence-electron chi connectivity index (χ1n) is 8.50. The molecule has 7 nitrogen and oxygen atoms in total. The second kappa shape index (κ2) is 11.4. The Morgan fingerprint density at radius 2 is 1.92 bits per heavy atom. The molecular weight excluding hydrogens is 316 g/mol. The van der Waals surface area contributed by atoms with Crippen molar-refractivity contribution in [3.8, 4) is 0 Å². The van der Waals surface area contributed by atoms with Gasteiger partial charge in [-0.25, -0.2) is 4.79 Å². The molecule has 0 aromatic heterocycles. The van der Waals surface area contributed by atoms with E-state index < -0.39 is 12.3 Å². The van der Waals surface area contributed by atoms with Crippen molar-refractivity contribution in [2.45, 2.75) is 33.5 Å². The summed E-state index contributed by atoms with van der Waals surface area (Å²) < 4.78 is 21.8. The fourth-order valence-corrected chi connectivity index (χ4v) is 2.80. The summed E-state index contributed by atoms with van der Waals surface area (Å²) in [4.78, 5) is 11.3. The molecule has 0 amide bonds. The topological polar surface area (TPSA) is 94.5 Å². The molecule has 24 heavy (non-hydrogen) atoms. The second-order valence-corrected chi connectivity index (χ2v) is 6.00. The number of aliphatic hydroxyl groups excluding tert-OH is 1. The predicted molar refractivity (Wildman–Crippen MR) is 87.4 cm³/mol. The molecule has 0 aliphatic carbocycles.